The van der Waals surface area contributed by atoms with Gasteiger partial charge in [0, 0.05) is 25.2 Å². The van der Waals surface area contributed by atoms with Gasteiger partial charge in [-0.1, -0.05) is 6.07 Å². The Morgan fingerprint density at radius 2 is 1.95 bits per heavy atom. The van der Waals surface area contributed by atoms with Gasteiger partial charge < -0.3 is 15.3 Å². The number of carbonyl (C=O) groups is 2. The maximum atomic E-state index is 12.2. The van der Waals surface area contributed by atoms with Gasteiger partial charge in [-0.2, -0.15) is 0 Å². The van der Waals surface area contributed by atoms with Crippen LogP contribution >= 0.6 is 0 Å². The Morgan fingerprint density at radius 1 is 1.29 bits per heavy atom. The van der Waals surface area contributed by atoms with E-state index in [4.69, 9.17) is 5.11 Å². The summed E-state index contributed by atoms with van der Waals surface area (Å²) in [5, 5.41) is 11.6. The summed E-state index contributed by atoms with van der Waals surface area (Å²) in [5.74, 6) is -0.473. The molecule has 1 saturated heterocycles. The summed E-state index contributed by atoms with van der Waals surface area (Å²) < 4.78 is 0. The van der Waals surface area contributed by atoms with Crippen LogP contribution in [0.4, 0.5) is 10.5 Å². The summed E-state index contributed by atoms with van der Waals surface area (Å²) in [6.45, 7) is 5.34. The quantitative estimate of drug-likeness (QED) is 0.895. The number of hydrogen-bond donors (Lipinski definition) is 2. The molecule has 1 aliphatic heterocycles. The van der Waals surface area contributed by atoms with Gasteiger partial charge in [-0.3, -0.25) is 4.79 Å². The van der Waals surface area contributed by atoms with E-state index < -0.39 is 5.97 Å². The first-order chi connectivity index (χ1) is 9.94. The lowest BCUT2D eigenvalue weighted by molar-refractivity contribution is -0.137. The summed E-state index contributed by atoms with van der Waals surface area (Å²) in [6.07, 6.45) is 1.70. The third-order valence-corrected chi connectivity index (χ3v) is 3.81. The number of nitrogens with zero attached hydrogens (tertiary/aromatic N) is 1. The van der Waals surface area contributed by atoms with Gasteiger partial charge in [-0.15, -0.1) is 0 Å². The maximum absolute atomic E-state index is 12.2. The third kappa shape index (κ3) is 4.48. The first-order valence-corrected chi connectivity index (χ1v) is 7.30. The molecular formula is C16H22N2O3. The molecular weight excluding hydrogens is 268 g/mol. The number of aryl methyl sites for hydroxylation is 2. The molecule has 5 nitrogen and oxygen atoms in total. The number of anilines is 1. The van der Waals surface area contributed by atoms with E-state index in [1.807, 2.05) is 26.0 Å². The molecule has 0 aliphatic carbocycles. The van der Waals surface area contributed by atoms with Crippen molar-refractivity contribution < 1.29 is 14.7 Å². The number of amides is 2. The molecule has 114 valence electrons. The van der Waals surface area contributed by atoms with E-state index in [-0.39, 0.29) is 12.5 Å². The number of rotatable bonds is 4. The van der Waals surface area contributed by atoms with Crippen LogP contribution in [-0.4, -0.2) is 35.1 Å². The zero-order valence-electron chi connectivity index (χ0n) is 12.6. The highest BCUT2D eigenvalue weighted by atomic mass is 16.4. The van der Waals surface area contributed by atoms with Gasteiger partial charge in [0.15, 0.2) is 0 Å². The van der Waals surface area contributed by atoms with Crippen LogP contribution in [0.3, 0.4) is 0 Å². The fourth-order valence-corrected chi connectivity index (χ4v) is 2.83. The standard InChI is InChI=1S/C16H22N2O3/c1-11-7-12(2)9-14(8-11)17-16(21)18-6-5-13(10-18)3-4-15(19)20/h7-9,13H,3-6,10H2,1-2H3,(H,17,21)(H,19,20). The summed E-state index contributed by atoms with van der Waals surface area (Å²) in [4.78, 5) is 24.6. The Labute approximate surface area is 125 Å². The topological polar surface area (TPSA) is 69.6 Å². The van der Waals surface area contributed by atoms with E-state index in [2.05, 4.69) is 11.4 Å². The van der Waals surface area contributed by atoms with Crippen molar-refractivity contribution in [3.8, 4) is 0 Å². The first kappa shape index (κ1) is 15.4. The molecule has 1 aromatic rings. The van der Waals surface area contributed by atoms with Crippen molar-refractivity contribution in [3.63, 3.8) is 0 Å². The molecule has 1 fully saturated rings. The fourth-order valence-electron chi connectivity index (χ4n) is 2.83. The summed E-state index contributed by atoms with van der Waals surface area (Å²) in [7, 11) is 0. The Hall–Kier alpha value is -2.04. The zero-order chi connectivity index (χ0) is 15.4. The Bertz CT molecular complexity index is 522. The SMILES string of the molecule is Cc1cc(C)cc(NC(=O)N2CCC(CCC(=O)O)C2)c1. The predicted molar refractivity (Wildman–Crippen MR) is 81.5 cm³/mol. The molecule has 0 aromatic heterocycles. The van der Waals surface area contributed by atoms with Crippen molar-refractivity contribution in [2.45, 2.75) is 33.1 Å². The van der Waals surface area contributed by atoms with E-state index in [0.29, 0.717) is 25.4 Å². The van der Waals surface area contributed by atoms with Gasteiger partial charge in [0.05, 0.1) is 0 Å². The molecule has 0 bridgehead atoms. The highest BCUT2D eigenvalue weighted by molar-refractivity contribution is 5.89. The first-order valence-electron chi connectivity index (χ1n) is 7.30. The number of urea groups is 1. The van der Waals surface area contributed by atoms with Crippen LogP contribution in [0.5, 0.6) is 0 Å². The van der Waals surface area contributed by atoms with Gasteiger partial charge in [-0.25, -0.2) is 4.79 Å². The van der Waals surface area contributed by atoms with E-state index in [1.165, 1.54) is 0 Å². The number of likely N-dealkylation sites (tertiary alicyclic amines) is 1. The van der Waals surface area contributed by atoms with Gasteiger partial charge >= 0.3 is 12.0 Å². The summed E-state index contributed by atoms with van der Waals surface area (Å²) in [6, 6.07) is 5.86. The second kappa shape index (κ2) is 6.61. The molecule has 1 unspecified atom stereocenters. The second-order valence-electron chi connectivity index (χ2n) is 5.84. The van der Waals surface area contributed by atoms with Gasteiger partial charge in [0.25, 0.3) is 0 Å². The fraction of sp³-hybridized carbons (Fsp3) is 0.500. The third-order valence-electron chi connectivity index (χ3n) is 3.81. The van der Waals surface area contributed by atoms with E-state index >= 15 is 0 Å². The number of benzene rings is 1. The van der Waals surface area contributed by atoms with Crippen molar-refractivity contribution in [2.24, 2.45) is 5.92 Å². The summed E-state index contributed by atoms with van der Waals surface area (Å²) >= 11 is 0. The minimum Gasteiger partial charge on any atom is -0.481 e. The van der Waals surface area contributed by atoms with Crippen LogP contribution in [0, 0.1) is 19.8 Å². The lowest BCUT2D eigenvalue weighted by atomic mass is 10.0. The molecule has 0 saturated carbocycles. The molecule has 1 atom stereocenters. The predicted octanol–water partition coefficient (Wildman–Crippen LogP) is 3.02. The van der Waals surface area contributed by atoms with Crippen molar-refractivity contribution in [3.05, 3.63) is 29.3 Å². The molecule has 5 heteroatoms. The maximum Gasteiger partial charge on any atom is 0.321 e. The van der Waals surface area contributed by atoms with Gasteiger partial charge in [0.2, 0.25) is 0 Å². The van der Waals surface area contributed by atoms with E-state index in [0.717, 1.165) is 23.2 Å². The average Bonchev–Trinajstić information content (AvgIpc) is 2.83. The second-order valence-corrected chi connectivity index (χ2v) is 5.84. The number of hydrogen-bond acceptors (Lipinski definition) is 2. The Balaban J connectivity index is 1.88. The molecule has 2 rings (SSSR count). The smallest absolute Gasteiger partial charge is 0.321 e. The number of carboxylic acids is 1. The zero-order valence-corrected chi connectivity index (χ0v) is 12.6. The van der Waals surface area contributed by atoms with Crippen LogP contribution in [-0.2, 0) is 4.79 Å². The number of aliphatic carboxylic acids is 1. The molecule has 0 radical (unpaired) electrons. The van der Waals surface area contributed by atoms with Crippen molar-refractivity contribution in [2.75, 3.05) is 18.4 Å². The average molecular weight is 290 g/mol. The molecule has 0 spiro atoms. The minimum atomic E-state index is -0.770. The van der Waals surface area contributed by atoms with Gasteiger partial charge in [-0.05, 0) is 55.9 Å². The molecule has 2 amide bonds. The number of carbonyl (C=O) groups excluding carboxylic acids is 1. The Kier molecular flexibility index (Phi) is 4.83. The van der Waals surface area contributed by atoms with Gasteiger partial charge in [0.1, 0.15) is 0 Å². The molecule has 1 aliphatic rings. The lowest BCUT2D eigenvalue weighted by Gasteiger charge is -2.18. The Morgan fingerprint density at radius 3 is 2.57 bits per heavy atom. The molecule has 21 heavy (non-hydrogen) atoms. The van der Waals surface area contributed by atoms with Crippen molar-refractivity contribution in [1.82, 2.24) is 4.90 Å². The molecule has 1 heterocycles. The van der Waals surface area contributed by atoms with E-state index in [9.17, 15) is 9.59 Å². The van der Waals surface area contributed by atoms with E-state index in [1.54, 1.807) is 4.90 Å². The molecule has 2 N–H and O–H groups in total. The normalized spacial score (nSPS) is 17.8. The number of nitrogens with one attached hydrogen (secondary N) is 1. The summed E-state index contributed by atoms with van der Waals surface area (Å²) in [5.41, 5.74) is 3.04. The molecule has 1 aromatic carbocycles. The van der Waals surface area contributed by atoms with Crippen molar-refractivity contribution >= 4 is 17.7 Å². The van der Waals surface area contributed by atoms with Crippen LogP contribution < -0.4 is 5.32 Å². The largest absolute Gasteiger partial charge is 0.481 e. The minimum absolute atomic E-state index is 0.0992. The van der Waals surface area contributed by atoms with Crippen LogP contribution in [0.15, 0.2) is 18.2 Å². The van der Waals surface area contributed by atoms with Crippen LogP contribution in [0.2, 0.25) is 0 Å². The monoisotopic (exact) mass is 290 g/mol. The highest BCUT2D eigenvalue weighted by Gasteiger charge is 2.26. The lowest BCUT2D eigenvalue weighted by Crippen LogP contribution is -2.33. The highest BCUT2D eigenvalue weighted by Crippen LogP contribution is 2.22. The number of carboxylic acid groups (broad SMARTS) is 1. The van der Waals surface area contributed by atoms with Crippen molar-refractivity contribution in [1.29, 1.82) is 0 Å². The van der Waals surface area contributed by atoms with Crippen LogP contribution in [0.1, 0.15) is 30.4 Å². The van der Waals surface area contributed by atoms with Crippen LogP contribution in [0.25, 0.3) is 0 Å².